The fraction of sp³-hybridized carbons (Fsp3) is 0.176. The maximum atomic E-state index is 14.1. The van der Waals surface area contributed by atoms with E-state index in [1.165, 1.54) is 11.0 Å². The van der Waals surface area contributed by atoms with Crippen LogP contribution < -0.4 is 4.90 Å². The Labute approximate surface area is 136 Å². The van der Waals surface area contributed by atoms with Gasteiger partial charge < -0.3 is 5.11 Å². The Hall–Kier alpha value is -2.47. The van der Waals surface area contributed by atoms with Gasteiger partial charge >= 0.3 is 5.97 Å². The number of carboxylic acids is 1. The number of carbonyl (C=O) groups excluding carboxylic acids is 1. The normalized spacial score (nSPS) is 14.1. The van der Waals surface area contributed by atoms with Gasteiger partial charge in [-0.2, -0.15) is 4.39 Å². The Morgan fingerprint density at radius 1 is 1.09 bits per heavy atom. The number of benzene rings is 1. The molecule has 1 heterocycles. The maximum absolute atomic E-state index is 14.1. The number of carboxylic acid groups (broad SMARTS) is 1. The van der Waals surface area contributed by atoms with Crippen molar-refractivity contribution in [2.75, 3.05) is 4.90 Å². The lowest BCUT2D eigenvalue weighted by molar-refractivity contribution is -0.133. The number of carbonyl (C=O) groups is 2. The van der Waals surface area contributed by atoms with Crippen LogP contribution in [0.3, 0.4) is 0 Å². The molecule has 118 valence electrons. The van der Waals surface area contributed by atoms with Crippen molar-refractivity contribution in [1.82, 2.24) is 0 Å². The van der Waals surface area contributed by atoms with Crippen molar-refractivity contribution in [1.29, 1.82) is 0 Å². The first kappa shape index (κ1) is 15.4. The van der Waals surface area contributed by atoms with E-state index in [1.54, 1.807) is 35.7 Å². The fourth-order valence-corrected chi connectivity index (χ4v) is 3.34. The highest BCUT2D eigenvalue weighted by molar-refractivity contribution is 7.08. The number of halogens is 1. The molecule has 1 aliphatic carbocycles. The van der Waals surface area contributed by atoms with Gasteiger partial charge in [-0.3, -0.25) is 9.69 Å². The van der Waals surface area contributed by atoms with Crippen molar-refractivity contribution in [2.24, 2.45) is 0 Å². The highest BCUT2D eigenvalue weighted by Crippen LogP contribution is 2.35. The zero-order valence-corrected chi connectivity index (χ0v) is 13.0. The van der Waals surface area contributed by atoms with Gasteiger partial charge in [0.05, 0.1) is 5.69 Å². The number of aliphatic carboxylic acids is 1. The monoisotopic (exact) mass is 331 g/mol. The molecule has 2 aromatic rings. The fourth-order valence-electron chi connectivity index (χ4n) is 2.74. The molecular formula is C17H14FNO3S. The first-order valence-electron chi connectivity index (χ1n) is 7.17. The summed E-state index contributed by atoms with van der Waals surface area (Å²) in [6, 6.07) is 10.2. The second-order valence-electron chi connectivity index (χ2n) is 5.17. The van der Waals surface area contributed by atoms with Gasteiger partial charge in [0.1, 0.15) is 0 Å². The summed E-state index contributed by atoms with van der Waals surface area (Å²) in [5, 5.41) is 10.4. The maximum Gasteiger partial charge on any atom is 0.332 e. The molecule has 0 saturated carbocycles. The van der Waals surface area contributed by atoms with E-state index < -0.39 is 17.0 Å². The van der Waals surface area contributed by atoms with Gasteiger partial charge in [0.15, 0.2) is 0 Å². The van der Waals surface area contributed by atoms with Gasteiger partial charge in [-0.25, -0.2) is 4.79 Å². The number of nitrogens with zero attached hydrogens (tertiary/aromatic N) is 1. The molecule has 6 heteroatoms. The molecule has 0 atom stereocenters. The third kappa shape index (κ3) is 2.90. The molecule has 0 radical (unpaired) electrons. The summed E-state index contributed by atoms with van der Waals surface area (Å²) >= 11 is 0.902. The topological polar surface area (TPSA) is 57.6 Å². The van der Waals surface area contributed by atoms with Crippen molar-refractivity contribution >= 4 is 34.6 Å². The van der Waals surface area contributed by atoms with E-state index in [0.717, 1.165) is 11.3 Å². The van der Waals surface area contributed by atoms with Gasteiger partial charge in [0, 0.05) is 16.8 Å². The van der Waals surface area contributed by atoms with E-state index in [9.17, 15) is 19.1 Å². The second kappa shape index (κ2) is 6.34. The molecule has 1 aromatic carbocycles. The first-order chi connectivity index (χ1) is 11.1. The predicted octanol–water partition coefficient (Wildman–Crippen LogP) is 4.12. The molecule has 0 bridgehead atoms. The predicted molar refractivity (Wildman–Crippen MR) is 86.4 cm³/mol. The molecule has 0 unspecified atom stereocenters. The van der Waals surface area contributed by atoms with Crippen LogP contribution in [0.25, 0.3) is 0 Å². The minimum atomic E-state index is -1.08. The molecule has 3 rings (SSSR count). The summed E-state index contributed by atoms with van der Waals surface area (Å²) in [6.45, 7) is 0. The van der Waals surface area contributed by atoms with E-state index >= 15 is 0 Å². The van der Waals surface area contributed by atoms with Crippen molar-refractivity contribution in [3.8, 4) is 0 Å². The third-order valence-corrected chi connectivity index (χ3v) is 4.48. The minimum Gasteiger partial charge on any atom is -0.478 e. The molecule has 0 saturated heterocycles. The Kier molecular flexibility index (Phi) is 4.25. The Balaban J connectivity index is 2.10. The number of amides is 1. The Morgan fingerprint density at radius 2 is 1.78 bits per heavy atom. The van der Waals surface area contributed by atoms with Crippen LogP contribution in [0.5, 0.6) is 0 Å². The van der Waals surface area contributed by atoms with Gasteiger partial charge in [0.2, 0.25) is 5.13 Å². The van der Waals surface area contributed by atoms with Crippen LogP contribution in [0.15, 0.2) is 52.9 Å². The van der Waals surface area contributed by atoms with E-state index in [4.69, 9.17) is 0 Å². The number of rotatable bonds is 4. The van der Waals surface area contributed by atoms with Crippen LogP contribution in [0.4, 0.5) is 15.8 Å². The van der Waals surface area contributed by atoms with E-state index in [2.05, 4.69) is 0 Å². The molecular weight excluding hydrogens is 317 g/mol. The lowest BCUT2D eigenvalue weighted by atomic mass is 10.1. The summed E-state index contributed by atoms with van der Waals surface area (Å²) < 4.78 is 14.1. The van der Waals surface area contributed by atoms with Crippen molar-refractivity contribution < 1.29 is 19.1 Å². The average molecular weight is 331 g/mol. The molecule has 4 nitrogen and oxygen atoms in total. The van der Waals surface area contributed by atoms with E-state index in [0.29, 0.717) is 24.9 Å². The molecule has 0 fully saturated rings. The summed E-state index contributed by atoms with van der Waals surface area (Å²) in [5.41, 5.74) is 1.05. The number of hydrogen-bond acceptors (Lipinski definition) is 3. The van der Waals surface area contributed by atoms with Gasteiger partial charge in [-0.15, -0.1) is 11.3 Å². The van der Waals surface area contributed by atoms with Crippen LogP contribution in [0, 0.1) is 5.13 Å². The zero-order valence-electron chi connectivity index (χ0n) is 12.2. The number of thiophene rings is 1. The van der Waals surface area contributed by atoms with Crippen LogP contribution in [-0.4, -0.2) is 17.0 Å². The van der Waals surface area contributed by atoms with Crippen molar-refractivity contribution in [2.45, 2.75) is 19.3 Å². The molecule has 1 amide bonds. The Bertz CT molecular complexity index is 782. The van der Waals surface area contributed by atoms with Crippen molar-refractivity contribution in [3.05, 3.63) is 58.1 Å². The lowest BCUT2D eigenvalue weighted by Crippen LogP contribution is -2.28. The summed E-state index contributed by atoms with van der Waals surface area (Å²) in [6.07, 6.45) is 1.39. The molecule has 1 N–H and O–H groups in total. The van der Waals surface area contributed by atoms with Crippen molar-refractivity contribution in [3.63, 3.8) is 0 Å². The largest absolute Gasteiger partial charge is 0.478 e. The highest BCUT2D eigenvalue weighted by atomic mass is 32.1. The van der Waals surface area contributed by atoms with Gasteiger partial charge in [-0.1, -0.05) is 18.2 Å². The molecule has 0 aliphatic heterocycles. The molecule has 23 heavy (non-hydrogen) atoms. The third-order valence-electron chi connectivity index (χ3n) is 3.79. The van der Waals surface area contributed by atoms with Crippen LogP contribution in [0.2, 0.25) is 0 Å². The summed E-state index contributed by atoms with van der Waals surface area (Å²) in [5.74, 6) is -1.55. The molecule has 1 aliphatic rings. The number of anilines is 2. The molecule has 1 aromatic heterocycles. The minimum absolute atomic E-state index is 0.131. The summed E-state index contributed by atoms with van der Waals surface area (Å²) in [4.78, 5) is 25.5. The SMILES string of the molecule is O=C(O)C1=C(C(=O)N(c2ccccc2)c2ccsc2F)CCC1. The van der Waals surface area contributed by atoms with E-state index in [1.807, 2.05) is 0 Å². The number of hydrogen-bond donors (Lipinski definition) is 1. The average Bonchev–Trinajstić information content (AvgIpc) is 3.18. The first-order valence-corrected chi connectivity index (χ1v) is 8.05. The number of para-hydroxylation sites is 1. The summed E-state index contributed by atoms with van der Waals surface area (Å²) in [7, 11) is 0. The van der Waals surface area contributed by atoms with E-state index in [-0.39, 0.29) is 16.8 Å². The van der Waals surface area contributed by atoms with Crippen LogP contribution in [0.1, 0.15) is 19.3 Å². The smallest absolute Gasteiger partial charge is 0.332 e. The van der Waals surface area contributed by atoms with Gasteiger partial charge in [-0.05, 0) is 42.8 Å². The van der Waals surface area contributed by atoms with Gasteiger partial charge in [0.25, 0.3) is 5.91 Å². The standard InChI is InChI=1S/C17H14FNO3S/c18-15-14(9-10-23-15)19(11-5-2-1-3-6-11)16(20)12-7-4-8-13(12)17(21)22/h1-3,5-6,9-10H,4,7-8H2,(H,21,22). The molecule has 0 spiro atoms. The van der Waals surface area contributed by atoms with Crippen LogP contribution >= 0.6 is 11.3 Å². The lowest BCUT2D eigenvalue weighted by Gasteiger charge is -2.23. The Morgan fingerprint density at radius 3 is 2.39 bits per heavy atom. The van der Waals surface area contributed by atoms with Crippen LogP contribution in [-0.2, 0) is 9.59 Å². The second-order valence-corrected chi connectivity index (χ2v) is 6.04. The highest BCUT2D eigenvalue weighted by Gasteiger charge is 2.31. The quantitative estimate of drug-likeness (QED) is 0.917. The zero-order chi connectivity index (χ0) is 16.4.